The zero-order valence-corrected chi connectivity index (χ0v) is 10.3. The van der Waals surface area contributed by atoms with Gasteiger partial charge in [-0.25, -0.2) is 0 Å². The van der Waals surface area contributed by atoms with Gasteiger partial charge in [0.15, 0.2) is 0 Å². The van der Waals surface area contributed by atoms with Gasteiger partial charge < -0.3 is 4.74 Å². The molecule has 72 valence electrons. The van der Waals surface area contributed by atoms with Crippen molar-refractivity contribution < 1.29 is 4.74 Å². The Morgan fingerprint density at radius 2 is 1.92 bits per heavy atom. The van der Waals surface area contributed by atoms with Crippen LogP contribution in [0, 0.1) is 5.92 Å². The van der Waals surface area contributed by atoms with Crippen LogP contribution in [0.3, 0.4) is 0 Å². The summed E-state index contributed by atoms with van der Waals surface area (Å²) in [5.74, 6) is 0.881. The van der Waals surface area contributed by atoms with Crippen LogP contribution in [0.25, 0.3) is 0 Å². The number of methoxy groups -OCH3 is 1. The minimum atomic E-state index is 0.368. The molecule has 0 unspecified atom stereocenters. The third kappa shape index (κ3) is 2.87. The Labute approximate surface area is 89.4 Å². The third-order valence-corrected chi connectivity index (χ3v) is 4.08. The van der Waals surface area contributed by atoms with Gasteiger partial charge in [0.2, 0.25) is 0 Å². The fraction of sp³-hybridized carbons (Fsp3) is 1.00. The topological polar surface area (TPSA) is 9.23 Å². The monoisotopic (exact) mass is 282 g/mol. The molecule has 0 radical (unpaired) electrons. The Kier molecular flexibility index (Phi) is 4.30. The summed E-state index contributed by atoms with van der Waals surface area (Å²) >= 11 is 2.57. The maximum absolute atomic E-state index is 5.25. The molecule has 0 aromatic carbocycles. The van der Waals surface area contributed by atoms with Gasteiger partial charge in [-0.15, -0.1) is 0 Å². The first-order valence-electron chi connectivity index (χ1n) is 4.84. The van der Waals surface area contributed by atoms with Crippen LogP contribution in [0.2, 0.25) is 0 Å². The van der Waals surface area contributed by atoms with Crippen LogP contribution < -0.4 is 0 Å². The molecule has 2 heteroatoms. The predicted molar refractivity (Wildman–Crippen MR) is 60.9 cm³/mol. The van der Waals surface area contributed by atoms with Crippen LogP contribution in [0.4, 0.5) is 0 Å². The fourth-order valence-electron chi connectivity index (χ4n) is 2.10. The van der Waals surface area contributed by atoms with Crippen molar-refractivity contribution in [3.63, 3.8) is 0 Å². The fourth-order valence-corrected chi connectivity index (χ4v) is 3.04. The minimum Gasteiger partial charge on any atom is -0.383 e. The van der Waals surface area contributed by atoms with Crippen molar-refractivity contribution in [3.8, 4) is 0 Å². The largest absolute Gasteiger partial charge is 0.383 e. The zero-order valence-electron chi connectivity index (χ0n) is 8.11. The molecule has 0 N–H and O–H groups in total. The smallest absolute Gasteiger partial charge is 0.0608 e. The van der Waals surface area contributed by atoms with Gasteiger partial charge in [0.25, 0.3) is 0 Å². The van der Waals surface area contributed by atoms with Crippen LogP contribution in [-0.2, 0) is 4.74 Å². The molecule has 0 amide bonds. The summed E-state index contributed by atoms with van der Waals surface area (Å²) in [6.07, 6.45) is 7.10. The molecule has 0 aromatic heterocycles. The molecule has 12 heavy (non-hydrogen) atoms. The van der Waals surface area contributed by atoms with E-state index in [1.807, 2.05) is 0 Å². The van der Waals surface area contributed by atoms with Crippen LogP contribution >= 0.6 is 22.6 Å². The van der Waals surface area contributed by atoms with E-state index in [1.165, 1.54) is 32.1 Å². The second-order valence-electron chi connectivity index (χ2n) is 4.05. The Bertz CT molecular complexity index is 128. The lowest BCUT2D eigenvalue weighted by atomic mass is 9.81. The SMILES string of the molecule is COC[C@@](C)(I)C1CCCCC1. The van der Waals surface area contributed by atoms with Crippen molar-refractivity contribution in [3.05, 3.63) is 0 Å². The lowest BCUT2D eigenvalue weighted by Gasteiger charge is -2.34. The first-order valence-corrected chi connectivity index (χ1v) is 5.92. The Morgan fingerprint density at radius 1 is 1.33 bits per heavy atom. The van der Waals surface area contributed by atoms with E-state index in [-0.39, 0.29) is 0 Å². The first kappa shape index (κ1) is 10.8. The van der Waals surface area contributed by atoms with Gasteiger partial charge in [-0.05, 0) is 25.7 Å². The molecule has 0 spiro atoms. The quantitative estimate of drug-likeness (QED) is 0.569. The van der Waals surface area contributed by atoms with E-state index in [2.05, 4.69) is 29.5 Å². The molecule has 1 nitrogen and oxygen atoms in total. The summed E-state index contributed by atoms with van der Waals surface area (Å²) < 4.78 is 5.62. The standard InChI is InChI=1S/C10H19IO/c1-10(11,8-12-2)9-6-4-3-5-7-9/h9H,3-8H2,1-2H3/t10-/m1/s1. The van der Waals surface area contributed by atoms with Crippen LogP contribution in [0.1, 0.15) is 39.0 Å². The average molecular weight is 282 g/mol. The van der Waals surface area contributed by atoms with Crippen molar-refractivity contribution >= 4 is 22.6 Å². The third-order valence-electron chi connectivity index (χ3n) is 2.88. The number of hydrogen-bond donors (Lipinski definition) is 0. The molecule has 1 rings (SSSR count). The normalized spacial score (nSPS) is 25.2. The van der Waals surface area contributed by atoms with Crippen LogP contribution in [0.5, 0.6) is 0 Å². The number of alkyl halides is 1. The lowest BCUT2D eigenvalue weighted by molar-refractivity contribution is 0.141. The summed E-state index contributed by atoms with van der Waals surface area (Å²) in [5.41, 5.74) is 0. The lowest BCUT2D eigenvalue weighted by Crippen LogP contribution is -2.34. The molecule has 1 fully saturated rings. The molecular weight excluding hydrogens is 263 g/mol. The maximum Gasteiger partial charge on any atom is 0.0608 e. The molecule has 0 aromatic rings. The van der Waals surface area contributed by atoms with Crippen molar-refractivity contribution in [2.75, 3.05) is 13.7 Å². The first-order chi connectivity index (χ1) is 5.67. The Hall–Kier alpha value is 0.690. The predicted octanol–water partition coefficient (Wildman–Crippen LogP) is 3.41. The summed E-state index contributed by atoms with van der Waals surface area (Å²) in [4.78, 5) is 0. The van der Waals surface area contributed by atoms with Gasteiger partial charge >= 0.3 is 0 Å². The van der Waals surface area contributed by atoms with Crippen molar-refractivity contribution in [1.82, 2.24) is 0 Å². The second-order valence-corrected chi connectivity index (χ2v) is 6.51. The van der Waals surface area contributed by atoms with Crippen LogP contribution in [-0.4, -0.2) is 17.1 Å². The van der Waals surface area contributed by atoms with Crippen molar-refractivity contribution in [1.29, 1.82) is 0 Å². The van der Waals surface area contributed by atoms with E-state index in [0.29, 0.717) is 3.42 Å². The second kappa shape index (κ2) is 4.80. The zero-order chi connectivity index (χ0) is 9.03. The maximum atomic E-state index is 5.25. The summed E-state index contributed by atoms with van der Waals surface area (Å²) in [6.45, 7) is 3.23. The molecule has 1 aliphatic carbocycles. The highest BCUT2D eigenvalue weighted by molar-refractivity contribution is 14.1. The van der Waals surface area contributed by atoms with E-state index in [9.17, 15) is 0 Å². The van der Waals surface area contributed by atoms with Gasteiger partial charge in [-0.1, -0.05) is 41.9 Å². The Balaban J connectivity index is 2.41. The molecule has 0 heterocycles. The van der Waals surface area contributed by atoms with E-state index >= 15 is 0 Å². The van der Waals surface area contributed by atoms with Gasteiger partial charge in [-0.3, -0.25) is 0 Å². The van der Waals surface area contributed by atoms with E-state index < -0.39 is 0 Å². The highest BCUT2D eigenvalue weighted by Gasteiger charge is 2.31. The van der Waals surface area contributed by atoms with E-state index in [4.69, 9.17) is 4.74 Å². The molecule has 0 saturated heterocycles. The summed E-state index contributed by atoms with van der Waals surface area (Å²) in [5, 5.41) is 0. The Morgan fingerprint density at radius 3 is 2.42 bits per heavy atom. The number of halogens is 1. The summed E-state index contributed by atoms with van der Waals surface area (Å²) in [6, 6.07) is 0. The minimum absolute atomic E-state index is 0.368. The van der Waals surface area contributed by atoms with Gasteiger partial charge in [-0.2, -0.15) is 0 Å². The molecule has 0 bridgehead atoms. The molecule has 1 aliphatic rings. The van der Waals surface area contributed by atoms with E-state index in [0.717, 1.165) is 12.5 Å². The average Bonchev–Trinajstić information content (AvgIpc) is 2.06. The highest BCUT2D eigenvalue weighted by Crippen LogP contribution is 2.38. The van der Waals surface area contributed by atoms with Gasteiger partial charge in [0.1, 0.15) is 0 Å². The van der Waals surface area contributed by atoms with Gasteiger partial charge in [0, 0.05) is 10.5 Å². The van der Waals surface area contributed by atoms with Crippen LogP contribution in [0.15, 0.2) is 0 Å². The molecule has 0 aliphatic heterocycles. The van der Waals surface area contributed by atoms with Gasteiger partial charge in [0.05, 0.1) is 6.61 Å². The number of hydrogen-bond acceptors (Lipinski definition) is 1. The van der Waals surface area contributed by atoms with Crippen molar-refractivity contribution in [2.24, 2.45) is 5.92 Å². The molecular formula is C10H19IO. The number of ether oxygens (including phenoxy) is 1. The molecule has 1 atom stereocenters. The number of rotatable bonds is 3. The molecule has 1 saturated carbocycles. The highest BCUT2D eigenvalue weighted by atomic mass is 127. The summed E-state index contributed by atoms with van der Waals surface area (Å²) in [7, 11) is 1.81. The van der Waals surface area contributed by atoms with E-state index in [1.54, 1.807) is 7.11 Å². The van der Waals surface area contributed by atoms with Crippen molar-refractivity contribution in [2.45, 2.75) is 42.4 Å².